The molecule has 1 aromatic heterocycles. The first-order valence-corrected chi connectivity index (χ1v) is 9.95. The lowest BCUT2D eigenvalue weighted by atomic mass is 10.0. The van der Waals surface area contributed by atoms with Crippen molar-refractivity contribution in [2.24, 2.45) is 0 Å². The molecule has 148 valence electrons. The number of amides is 1. The molecule has 4 rings (SSSR count). The van der Waals surface area contributed by atoms with Crippen molar-refractivity contribution in [1.29, 1.82) is 0 Å². The van der Waals surface area contributed by atoms with Gasteiger partial charge in [0.15, 0.2) is 0 Å². The number of hydrogen-bond donors (Lipinski definition) is 0. The molecular weight excluding hydrogens is 362 g/mol. The molecule has 29 heavy (non-hydrogen) atoms. The van der Waals surface area contributed by atoms with Gasteiger partial charge in [-0.15, -0.1) is 0 Å². The molecule has 2 aromatic carbocycles. The van der Waals surface area contributed by atoms with Gasteiger partial charge in [-0.05, 0) is 23.3 Å². The average molecular weight is 387 g/mol. The number of ether oxygens (including phenoxy) is 1. The molecule has 0 spiro atoms. The van der Waals surface area contributed by atoms with Crippen LogP contribution in [-0.4, -0.2) is 48.6 Å². The van der Waals surface area contributed by atoms with Gasteiger partial charge in [-0.2, -0.15) is 0 Å². The van der Waals surface area contributed by atoms with Crippen LogP contribution in [0, 0.1) is 0 Å². The average Bonchev–Trinajstić information content (AvgIpc) is 2.81. The van der Waals surface area contributed by atoms with Crippen LogP contribution in [0.4, 0.5) is 5.69 Å². The molecule has 0 saturated carbocycles. The molecule has 1 aliphatic rings. The van der Waals surface area contributed by atoms with Crippen LogP contribution < -0.4 is 4.90 Å². The number of aromatic nitrogens is 1. The summed E-state index contributed by atoms with van der Waals surface area (Å²) in [7, 11) is 0. The van der Waals surface area contributed by atoms with E-state index in [1.165, 1.54) is 0 Å². The van der Waals surface area contributed by atoms with E-state index in [4.69, 9.17) is 4.74 Å². The van der Waals surface area contributed by atoms with Gasteiger partial charge in [0.25, 0.3) is 0 Å². The minimum atomic E-state index is -0.251. The summed E-state index contributed by atoms with van der Waals surface area (Å²) in [4.78, 5) is 21.0. The van der Waals surface area contributed by atoms with Crippen molar-refractivity contribution in [3.05, 3.63) is 96.3 Å². The van der Waals surface area contributed by atoms with Crippen LogP contribution in [0.3, 0.4) is 0 Å². The standard InChI is InChI=1S/C24H25N3O2/c28-23(27-17-15-26(16-18-27)22-11-13-25-14-12-22)19-29-24(20-7-3-1-4-8-20)21-9-5-2-6-10-21/h1-14,24H,15-19H2. The molecule has 2 heterocycles. The van der Waals surface area contributed by atoms with Crippen molar-refractivity contribution in [2.75, 3.05) is 37.7 Å². The van der Waals surface area contributed by atoms with Gasteiger partial charge in [-0.1, -0.05) is 60.7 Å². The highest BCUT2D eigenvalue weighted by Gasteiger charge is 2.23. The minimum Gasteiger partial charge on any atom is -0.368 e. The number of benzene rings is 2. The quantitative estimate of drug-likeness (QED) is 0.649. The van der Waals surface area contributed by atoms with Crippen molar-refractivity contribution in [2.45, 2.75) is 6.10 Å². The van der Waals surface area contributed by atoms with Gasteiger partial charge in [0.05, 0.1) is 0 Å². The maximum absolute atomic E-state index is 12.8. The number of rotatable bonds is 6. The van der Waals surface area contributed by atoms with Crippen molar-refractivity contribution in [3.63, 3.8) is 0 Å². The summed E-state index contributed by atoms with van der Waals surface area (Å²) < 4.78 is 6.13. The first-order chi connectivity index (χ1) is 14.3. The van der Waals surface area contributed by atoms with Crippen LogP contribution >= 0.6 is 0 Å². The Hall–Kier alpha value is -3.18. The van der Waals surface area contributed by atoms with Gasteiger partial charge in [0.1, 0.15) is 12.7 Å². The normalized spacial score (nSPS) is 14.2. The molecule has 0 unspecified atom stereocenters. The van der Waals surface area contributed by atoms with Crippen LogP contribution in [-0.2, 0) is 9.53 Å². The second kappa shape index (κ2) is 9.34. The summed E-state index contributed by atoms with van der Waals surface area (Å²) in [5.41, 5.74) is 3.25. The third-order valence-corrected chi connectivity index (χ3v) is 5.24. The molecule has 3 aromatic rings. The lowest BCUT2D eigenvalue weighted by Gasteiger charge is -2.36. The molecule has 0 bridgehead atoms. The number of anilines is 1. The van der Waals surface area contributed by atoms with Crippen LogP contribution in [0.25, 0.3) is 0 Å². The van der Waals surface area contributed by atoms with Crippen LogP contribution in [0.2, 0.25) is 0 Å². The Balaban J connectivity index is 1.36. The van der Waals surface area contributed by atoms with E-state index in [1.54, 1.807) is 12.4 Å². The van der Waals surface area contributed by atoms with Gasteiger partial charge in [-0.25, -0.2) is 0 Å². The fourth-order valence-electron chi connectivity index (χ4n) is 3.66. The Morgan fingerprint density at radius 1 is 0.828 bits per heavy atom. The summed E-state index contributed by atoms with van der Waals surface area (Å²) >= 11 is 0. The zero-order valence-electron chi connectivity index (χ0n) is 16.4. The first kappa shape index (κ1) is 19.2. The number of carbonyl (C=O) groups excluding carboxylic acids is 1. The Kier molecular flexibility index (Phi) is 6.17. The summed E-state index contributed by atoms with van der Waals surface area (Å²) in [6.07, 6.45) is 3.35. The minimum absolute atomic E-state index is 0.0382. The lowest BCUT2D eigenvalue weighted by molar-refractivity contribution is -0.137. The Labute approximate surface area is 171 Å². The molecule has 1 saturated heterocycles. The smallest absolute Gasteiger partial charge is 0.248 e. The summed E-state index contributed by atoms with van der Waals surface area (Å²) in [6.45, 7) is 3.11. The molecule has 1 amide bonds. The Bertz CT molecular complexity index is 856. The number of carbonyl (C=O) groups is 1. The van der Waals surface area contributed by atoms with E-state index < -0.39 is 0 Å². The number of pyridine rings is 1. The van der Waals surface area contributed by atoms with Gasteiger partial charge in [-0.3, -0.25) is 9.78 Å². The molecule has 5 heteroatoms. The summed E-state index contributed by atoms with van der Waals surface area (Å²) in [6, 6.07) is 24.1. The highest BCUT2D eigenvalue weighted by atomic mass is 16.5. The molecular formula is C24H25N3O2. The van der Waals surface area contributed by atoms with E-state index >= 15 is 0 Å². The van der Waals surface area contributed by atoms with Gasteiger partial charge in [0, 0.05) is 44.3 Å². The maximum atomic E-state index is 12.8. The van der Waals surface area contributed by atoms with E-state index in [2.05, 4.69) is 9.88 Å². The third kappa shape index (κ3) is 4.81. The maximum Gasteiger partial charge on any atom is 0.248 e. The first-order valence-electron chi connectivity index (χ1n) is 9.95. The summed E-state index contributed by atoms with van der Waals surface area (Å²) in [5.74, 6) is 0.0382. The molecule has 0 radical (unpaired) electrons. The molecule has 1 aliphatic heterocycles. The fourth-order valence-corrected chi connectivity index (χ4v) is 3.66. The zero-order chi connectivity index (χ0) is 19.9. The molecule has 0 N–H and O–H groups in total. The molecule has 5 nitrogen and oxygen atoms in total. The second-order valence-corrected chi connectivity index (χ2v) is 7.09. The number of nitrogens with zero attached hydrogens (tertiary/aromatic N) is 3. The summed E-state index contributed by atoms with van der Waals surface area (Å²) in [5, 5.41) is 0. The monoisotopic (exact) mass is 387 g/mol. The van der Waals surface area contributed by atoms with E-state index in [0.29, 0.717) is 13.1 Å². The van der Waals surface area contributed by atoms with E-state index in [1.807, 2.05) is 77.7 Å². The lowest BCUT2D eigenvalue weighted by Crippen LogP contribution is -2.49. The predicted octanol–water partition coefficient (Wildman–Crippen LogP) is 3.54. The zero-order valence-corrected chi connectivity index (χ0v) is 16.4. The van der Waals surface area contributed by atoms with Crippen molar-refractivity contribution < 1.29 is 9.53 Å². The van der Waals surface area contributed by atoms with Crippen LogP contribution in [0.5, 0.6) is 0 Å². The number of hydrogen-bond acceptors (Lipinski definition) is 4. The Morgan fingerprint density at radius 2 is 1.38 bits per heavy atom. The van der Waals surface area contributed by atoms with E-state index in [-0.39, 0.29) is 18.6 Å². The third-order valence-electron chi connectivity index (χ3n) is 5.24. The second-order valence-electron chi connectivity index (χ2n) is 7.09. The molecule has 0 atom stereocenters. The van der Waals surface area contributed by atoms with Gasteiger partial charge < -0.3 is 14.5 Å². The molecule has 0 aliphatic carbocycles. The fraction of sp³-hybridized carbons (Fsp3) is 0.250. The predicted molar refractivity (Wildman–Crippen MR) is 114 cm³/mol. The van der Waals surface area contributed by atoms with Crippen molar-refractivity contribution in [3.8, 4) is 0 Å². The van der Waals surface area contributed by atoms with E-state index in [0.717, 1.165) is 29.9 Å². The van der Waals surface area contributed by atoms with Crippen LogP contribution in [0.1, 0.15) is 17.2 Å². The molecule has 1 fully saturated rings. The number of piperazine rings is 1. The van der Waals surface area contributed by atoms with Crippen molar-refractivity contribution in [1.82, 2.24) is 9.88 Å². The SMILES string of the molecule is O=C(COC(c1ccccc1)c1ccccc1)N1CCN(c2ccncc2)CC1. The van der Waals surface area contributed by atoms with E-state index in [9.17, 15) is 4.79 Å². The highest BCUT2D eigenvalue weighted by molar-refractivity contribution is 5.77. The van der Waals surface area contributed by atoms with Gasteiger partial charge >= 0.3 is 0 Å². The topological polar surface area (TPSA) is 45.7 Å². The van der Waals surface area contributed by atoms with Crippen molar-refractivity contribution >= 4 is 11.6 Å². The largest absolute Gasteiger partial charge is 0.368 e. The Morgan fingerprint density at radius 3 is 1.93 bits per heavy atom. The highest BCUT2D eigenvalue weighted by Crippen LogP contribution is 2.26. The van der Waals surface area contributed by atoms with Gasteiger partial charge in [0.2, 0.25) is 5.91 Å². The van der Waals surface area contributed by atoms with Crippen LogP contribution in [0.15, 0.2) is 85.2 Å².